The molecule has 0 N–H and O–H groups in total. The van der Waals surface area contributed by atoms with Gasteiger partial charge in [-0.3, -0.25) is 9.67 Å². The molecule has 0 bridgehead atoms. The van der Waals surface area contributed by atoms with Crippen LogP contribution in [0, 0.1) is 0 Å². The molecule has 0 radical (unpaired) electrons. The molecule has 0 unspecified atom stereocenters. The molecular formula is C25H39N5O2. The largest absolute Gasteiger partial charge is 0.444 e. The van der Waals surface area contributed by atoms with Crippen LogP contribution in [0.1, 0.15) is 60.5 Å². The highest BCUT2D eigenvalue weighted by Crippen LogP contribution is 2.29. The highest BCUT2D eigenvalue weighted by molar-refractivity contribution is 6.12. The fourth-order valence-corrected chi connectivity index (χ4v) is 3.71. The predicted molar refractivity (Wildman–Crippen MR) is 131 cm³/mol. The van der Waals surface area contributed by atoms with Crippen molar-refractivity contribution in [1.82, 2.24) is 19.6 Å². The van der Waals surface area contributed by atoms with E-state index in [9.17, 15) is 4.79 Å². The highest BCUT2D eigenvalue weighted by atomic mass is 16.6. The van der Waals surface area contributed by atoms with Crippen molar-refractivity contribution in [2.75, 3.05) is 26.2 Å². The zero-order chi connectivity index (χ0) is 23.9. The van der Waals surface area contributed by atoms with E-state index in [4.69, 9.17) is 9.73 Å². The van der Waals surface area contributed by atoms with Crippen molar-refractivity contribution >= 4 is 17.4 Å². The molecule has 0 saturated carbocycles. The van der Waals surface area contributed by atoms with Crippen LogP contribution in [0.15, 0.2) is 47.0 Å². The minimum absolute atomic E-state index is 0.244. The second-order valence-electron chi connectivity index (χ2n) is 9.03. The van der Waals surface area contributed by atoms with Crippen LogP contribution in [-0.2, 0) is 11.8 Å². The van der Waals surface area contributed by atoms with Gasteiger partial charge in [-0.25, -0.2) is 4.79 Å². The van der Waals surface area contributed by atoms with E-state index >= 15 is 0 Å². The third-order valence-corrected chi connectivity index (χ3v) is 5.31. The van der Waals surface area contributed by atoms with Crippen molar-refractivity contribution < 1.29 is 9.53 Å². The number of carbonyl (C=O) groups excluding carboxylic acids is 1. The lowest BCUT2D eigenvalue weighted by Crippen LogP contribution is -2.49. The first-order chi connectivity index (χ1) is 15.1. The number of aryl methyl sites for hydroxylation is 1. The molecule has 176 valence electrons. The van der Waals surface area contributed by atoms with Gasteiger partial charge in [0, 0.05) is 68.2 Å². The van der Waals surface area contributed by atoms with E-state index in [1.807, 2.05) is 58.0 Å². The summed E-state index contributed by atoms with van der Waals surface area (Å²) in [6, 6.07) is 0. The van der Waals surface area contributed by atoms with E-state index in [1.54, 1.807) is 4.90 Å². The molecule has 1 amide bonds. The van der Waals surface area contributed by atoms with E-state index in [2.05, 4.69) is 42.9 Å². The van der Waals surface area contributed by atoms with Gasteiger partial charge in [0.1, 0.15) is 5.60 Å². The highest BCUT2D eigenvalue weighted by Gasteiger charge is 2.27. The molecule has 0 spiro atoms. The van der Waals surface area contributed by atoms with E-state index in [-0.39, 0.29) is 6.09 Å². The van der Waals surface area contributed by atoms with Crippen LogP contribution in [0.5, 0.6) is 0 Å². The number of hydrogen-bond acceptors (Lipinski definition) is 5. The van der Waals surface area contributed by atoms with Gasteiger partial charge in [0.15, 0.2) is 0 Å². The van der Waals surface area contributed by atoms with Gasteiger partial charge >= 0.3 is 6.09 Å². The molecule has 7 heteroatoms. The zero-order valence-electron chi connectivity index (χ0n) is 21.0. The molecular weight excluding hydrogens is 402 g/mol. The monoisotopic (exact) mass is 441 g/mol. The van der Waals surface area contributed by atoms with E-state index in [1.165, 1.54) is 0 Å². The number of hydrogen-bond donors (Lipinski definition) is 0. The number of carbonyl (C=O) groups is 1. The van der Waals surface area contributed by atoms with Gasteiger partial charge in [-0.05, 0) is 53.5 Å². The Labute approximate surface area is 193 Å². The van der Waals surface area contributed by atoms with Gasteiger partial charge in [-0.15, -0.1) is 0 Å². The molecule has 0 atom stereocenters. The first-order valence-corrected chi connectivity index (χ1v) is 11.4. The fraction of sp³-hybridized carbons (Fsp3) is 0.560. The third kappa shape index (κ3) is 6.84. The molecule has 7 nitrogen and oxygen atoms in total. The van der Waals surface area contributed by atoms with Crippen molar-refractivity contribution in [1.29, 1.82) is 0 Å². The maximum absolute atomic E-state index is 12.4. The summed E-state index contributed by atoms with van der Waals surface area (Å²) in [5.41, 5.74) is 4.89. The summed E-state index contributed by atoms with van der Waals surface area (Å²) in [6.45, 7) is 16.8. The quantitative estimate of drug-likeness (QED) is 0.459. The third-order valence-electron chi connectivity index (χ3n) is 5.31. The van der Waals surface area contributed by atoms with Crippen molar-refractivity contribution in [3.8, 4) is 0 Å². The first kappa shape index (κ1) is 25.4. The summed E-state index contributed by atoms with van der Waals surface area (Å²) in [7, 11) is 1.92. The summed E-state index contributed by atoms with van der Waals surface area (Å²) >= 11 is 0. The number of aromatic nitrogens is 2. The van der Waals surface area contributed by atoms with Gasteiger partial charge in [0.2, 0.25) is 0 Å². The molecule has 1 saturated heterocycles. The number of piperazine rings is 1. The summed E-state index contributed by atoms with van der Waals surface area (Å²) in [6.07, 6.45) is 10.7. The maximum Gasteiger partial charge on any atom is 0.410 e. The van der Waals surface area contributed by atoms with E-state index in [0.29, 0.717) is 13.1 Å². The predicted octanol–water partition coefficient (Wildman–Crippen LogP) is 5.03. The average molecular weight is 442 g/mol. The lowest BCUT2D eigenvalue weighted by Gasteiger charge is -2.38. The van der Waals surface area contributed by atoms with Crippen molar-refractivity contribution in [2.24, 2.45) is 12.0 Å². The number of nitrogens with zero attached hydrogens (tertiary/aromatic N) is 5. The summed E-state index contributed by atoms with van der Waals surface area (Å²) in [5.74, 6) is 0. The molecule has 0 aliphatic carbocycles. The second kappa shape index (κ2) is 11.2. The van der Waals surface area contributed by atoms with Gasteiger partial charge < -0.3 is 14.5 Å². The van der Waals surface area contributed by atoms with Gasteiger partial charge in [-0.1, -0.05) is 19.1 Å². The molecule has 1 aromatic rings. The Kier molecular flexibility index (Phi) is 8.87. The number of allylic oxidation sites excluding steroid dienone is 5. The number of amides is 1. The van der Waals surface area contributed by atoms with Crippen LogP contribution < -0.4 is 0 Å². The molecule has 32 heavy (non-hydrogen) atoms. The minimum atomic E-state index is -0.485. The van der Waals surface area contributed by atoms with Crippen LogP contribution in [-0.4, -0.2) is 63.2 Å². The Morgan fingerprint density at radius 2 is 1.81 bits per heavy atom. The zero-order valence-corrected chi connectivity index (χ0v) is 21.0. The second-order valence-corrected chi connectivity index (χ2v) is 9.03. The van der Waals surface area contributed by atoms with Gasteiger partial charge in [0.05, 0.1) is 6.20 Å². The smallest absolute Gasteiger partial charge is 0.410 e. The molecule has 2 rings (SSSR count). The molecule has 0 aromatic carbocycles. The average Bonchev–Trinajstić information content (AvgIpc) is 3.16. The number of aliphatic imine (C=N–C) groups is 1. The molecule has 1 aromatic heterocycles. The van der Waals surface area contributed by atoms with Crippen molar-refractivity contribution in [3.05, 3.63) is 47.6 Å². The van der Waals surface area contributed by atoms with Gasteiger partial charge in [-0.2, -0.15) is 5.10 Å². The summed E-state index contributed by atoms with van der Waals surface area (Å²) < 4.78 is 7.35. The SMILES string of the molecule is C\C=C(C(/C(C)=N/C=C/CC)=C(/C)N1CCN(C(=O)OC(C)(C)C)CC1)\c1cnn(C)c1. The maximum atomic E-state index is 12.4. The van der Waals surface area contributed by atoms with Crippen LogP contribution in [0.3, 0.4) is 0 Å². The molecule has 1 aliphatic rings. The Morgan fingerprint density at radius 3 is 2.31 bits per heavy atom. The Hall–Kier alpha value is -2.83. The van der Waals surface area contributed by atoms with Gasteiger partial charge in [0.25, 0.3) is 0 Å². The Bertz CT molecular complexity index is 907. The van der Waals surface area contributed by atoms with Crippen LogP contribution in [0.4, 0.5) is 4.79 Å². The topological polar surface area (TPSA) is 63.0 Å². The Balaban J connectivity index is 2.33. The molecule has 1 aliphatic heterocycles. The van der Waals surface area contributed by atoms with Crippen LogP contribution in [0.25, 0.3) is 5.57 Å². The van der Waals surface area contributed by atoms with Crippen LogP contribution >= 0.6 is 0 Å². The van der Waals surface area contributed by atoms with E-state index < -0.39 is 5.60 Å². The minimum Gasteiger partial charge on any atom is -0.444 e. The summed E-state index contributed by atoms with van der Waals surface area (Å²) in [4.78, 5) is 21.3. The molecule has 1 fully saturated rings. The lowest BCUT2D eigenvalue weighted by atomic mass is 9.94. The fourth-order valence-electron chi connectivity index (χ4n) is 3.71. The normalized spacial score (nSPS) is 17.1. The van der Waals surface area contributed by atoms with E-state index in [0.717, 1.165) is 47.6 Å². The number of ether oxygens (including phenoxy) is 1. The summed E-state index contributed by atoms with van der Waals surface area (Å²) in [5, 5.41) is 4.36. The van der Waals surface area contributed by atoms with Crippen molar-refractivity contribution in [3.63, 3.8) is 0 Å². The van der Waals surface area contributed by atoms with Crippen LogP contribution in [0.2, 0.25) is 0 Å². The van der Waals surface area contributed by atoms with Crippen molar-refractivity contribution in [2.45, 2.75) is 60.5 Å². The number of rotatable bonds is 6. The standard InChI is InChI=1S/C25H39N5O2/c1-9-11-12-26-19(3)23(22(10-2)21-17-27-28(8)18-21)20(4)29-13-15-30(16-14-29)24(31)32-25(5,6)7/h10-12,17-18H,9,13-16H2,1-8H3/b12-11+,22-10-,23-20-,26-19+. The lowest BCUT2D eigenvalue weighted by molar-refractivity contribution is 0.0168. The first-order valence-electron chi connectivity index (χ1n) is 11.4. The molecule has 2 heterocycles. The Morgan fingerprint density at radius 1 is 1.19 bits per heavy atom.